The molecule has 0 unspecified atom stereocenters. The fourth-order valence-electron chi connectivity index (χ4n) is 2.21. The Morgan fingerprint density at radius 1 is 1.04 bits per heavy atom. The van der Waals surface area contributed by atoms with Crippen LogP contribution in [0.25, 0.3) is 0 Å². The Labute approximate surface area is 138 Å². The molecule has 0 radical (unpaired) electrons. The summed E-state index contributed by atoms with van der Waals surface area (Å²) in [6, 6.07) is 7.11. The van der Waals surface area contributed by atoms with Crippen LogP contribution in [0.2, 0.25) is 0 Å². The number of hydrogen-bond donors (Lipinski definition) is 0. The highest BCUT2D eigenvalue weighted by atomic mass is 16.5. The van der Waals surface area contributed by atoms with Gasteiger partial charge in [0, 0.05) is 13.1 Å². The average molecular weight is 322 g/mol. The zero-order valence-corrected chi connectivity index (χ0v) is 14.4. The maximum atomic E-state index is 12.8. The number of hydrogen-bond acceptors (Lipinski definition) is 5. The molecule has 0 heterocycles. The smallest absolute Gasteiger partial charge is 0.307 e. The van der Waals surface area contributed by atoms with Crippen molar-refractivity contribution < 1.29 is 19.1 Å². The predicted molar refractivity (Wildman–Crippen MR) is 88.7 cm³/mol. The first-order valence-electron chi connectivity index (χ1n) is 7.63. The van der Waals surface area contributed by atoms with Crippen molar-refractivity contribution in [1.29, 1.82) is 0 Å². The van der Waals surface area contributed by atoms with Gasteiger partial charge in [-0.2, -0.15) is 0 Å². The van der Waals surface area contributed by atoms with Gasteiger partial charge in [0.05, 0.1) is 26.2 Å². The molecule has 6 heteroatoms. The maximum Gasteiger partial charge on any atom is 0.307 e. The third-order valence-corrected chi connectivity index (χ3v) is 3.47. The second-order valence-corrected chi connectivity index (χ2v) is 5.48. The number of benzene rings is 1. The first-order valence-corrected chi connectivity index (χ1v) is 7.63. The quantitative estimate of drug-likeness (QED) is 0.647. The molecule has 0 aliphatic rings. The van der Waals surface area contributed by atoms with Gasteiger partial charge in [0.1, 0.15) is 5.75 Å². The Morgan fingerprint density at radius 3 is 2.35 bits per heavy atom. The molecule has 23 heavy (non-hydrogen) atoms. The molecule has 0 N–H and O–H groups in total. The molecular weight excluding hydrogens is 296 g/mol. The lowest BCUT2D eigenvalue weighted by Gasteiger charge is -2.24. The number of nitrogens with zero attached hydrogens (tertiary/aromatic N) is 2. The molecule has 128 valence electrons. The van der Waals surface area contributed by atoms with Crippen LogP contribution in [0, 0.1) is 0 Å². The third kappa shape index (κ3) is 6.28. The first kappa shape index (κ1) is 19.0. The molecule has 1 amide bonds. The predicted octanol–water partition coefficient (Wildman–Crippen LogP) is 1.65. The molecule has 0 atom stereocenters. The van der Waals surface area contributed by atoms with E-state index in [1.54, 1.807) is 23.1 Å². The number of carbonyl (C=O) groups excluding carboxylic acids is 2. The molecule has 0 aliphatic heterocycles. The van der Waals surface area contributed by atoms with Crippen molar-refractivity contribution in [3.8, 4) is 5.75 Å². The van der Waals surface area contributed by atoms with E-state index in [2.05, 4.69) is 9.64 Å². The minimum atomic E-state index is -0.324. The number of amides is 1. The highest BCUT2D eigenvalue weighted by Crippen LogP contribution is 2.19. The van der Waals surface area contributed by atoms with Crippen LogP contribution in [0.15, 0.2) is 24.3 Å². The van der Waals surface area contributed by atoms with Crippen molar-refractivity contribution in [2.45, 2.75) is 12.8 Å². The van der Waals surface area contributed by atoms with E-state index in [-0.39, 0.29) is 18.3 Å². The van der Waals surface area contributed by atoms with Crippen LogP contribution < -0.4 is 4.74 Å². The highest BCUT2D eigenvalue weighted by molar-refractivity contribution is 5.97. The van der Waals surface area contributed by atoms with Gasteiger partial charge in [0.25, 0.3) is 5.91 Å². The minimum absolute atomic E-state index is 0.134. The summed E-state index contributed by atoms with van der Waals surface area (Å²) in [6.07, 6.45) is 1.01. The standard InChI is InChI=1S/C17H26N2O4/c1-18(2)11-7-12-19(13-10-16(20)23-4)17(21)14-8-5-6-9-15(14)22-3/h5-6,8-9H,7,10-13H2,1-4H3. The van der Waals surface area contributed by atoms with E-state index in [1.165, 1.54) is 14.2 Å². The second kappa shape index (κ2) is 9.84. The van der Waals surface area contributed by atoms with Gasteiger partial charge in [-0.1, -0.05) is 12.1 Å². The summed E-state index contributed by atoms with van der Waals surface area (Å²) >= 11 is 0. The van der Waals surface area contributed by atoms with Crippen LogP contribution in [0.5, 0.6) is 5.75 Å². The zero-order valence-electron chi connectivity index (χ0n) is 14.4. The SMILES string of the molecule is COC(=O)CCN(CCCN(C)C)C(=O)c1ccccc1OC. The molecule has 0 aromatic heterocycles. The lowest BCUT2D eigenvalue weighted by atomic mass is 10.1. The summed E-state index contributed by atoms with van der Waals surface area (Å²) in [6.45, 7) is 1.77. The molecular formula is C17H26N2O4. The van der Waals surface area contributed by atoms with Crippen LogP contribution in [-0.4, -0.2) is 69.6 Å². The van der Waals surface area contributed by atoms with E-state index < -0.39 is 0 Å². The Morgan fingerprint density at radius 2 is 1.74 bits per heavy atom. The van der Waals surface area contributed by atoms with Gasteiger partial charge in [-0.3, -0.25) is 9.59 Å². The summed E-state index contributed by atoms with van der Waals surface area (Å²) in [4.78, 5) is 27.9. The number of para-hydroxylation sites is 1. The molecule has 6 nitrogen and oxygen atoms in total. The van der Waals surface area contributed by atoms with Gasteiger partial charge in [0.2, 0.25) is 0 Å². The third-order valence-electron chi connectivity index (χ3n) is 3.47. The summed E-state index contributed by atoms with van der Waals surface area (Å²) in [7, 11) is 6.86. The average Bonchev–Trinajstić information content (AvgIpc) is 2.56. The van der Waals surface area contributed by atoms with E-state index in [9.17, 15) is 9.59 Å². The molecule has 0 spiro atoms. The minimum Gasteiger partial charge on any atom is -0.496 e. The molecule has 0 bridgehead atoms. The van der Waals surface area contributed by atoms with E-state index in [0.717, 1.165) is 13.0 Å². The fourth-order valence-corrected chi connectivity index (χ4v) is 2.21. The van der Waals surface area contributed by atoms with Crippen LogP contribution >= 0.6 is 0 Å². The zero-order chi connectivity index (χ0) is 17.2. The van der Waals surface area contributed by atoms with Crippen LogP contribution in [0.3, 0.4) is 0 Å². The lowest BCUT2D eigenvalue weighted by molar-refractivity contribution is -0.140. The van der Waals surface area contributed by atoms with Crippen molar-refractivity contribution in [2.75, 3.05) is 47.9 Å². The highest BCUT2D eigenvalue weighted by Gasteiger charge is 2.20. The lowest BCUT2D eigenvalue weighted by Crippen LogP contribution is -2.35. The molecule has 0 saturated heterocycles. The number of methoxy groups -OCH3 is 2. The summed E-state index contributed by atoms with van der Waals surface area (Å²) in [5, 5.41) is 0. The van der Waals surface area contributed by atoms with Crippen molar-refractivity contribution in [3.05, 3.63) is 29.8 Å². The largest absolute Gasteiger partial charge is 0.496 e. The first-order chi connectivity index (χ1) is 11.0. The van der Waals surface area contributed by atoms with Gasteiger partial charge >= 0.3 is 5.97 Å². The van der Waals surface area contributed by atoms with Crippen molar-refractivity contribution >= 4 is 11.9 Å². The van der Waals surface area contributed by atoms with E-state index >= 15 is 0 Å². The van der Waals surface area contributed by atoms with E-state index in [0.29, 0.717) is 24.4 Å². The van der Waals surface area contributed by atoms with Gasteiger partial charge in [-0.25, -0.2) is 0 Å². The van der Waals surface area contributed by atoms with Gasteiger partial charge in [0.15, 0.2) is 0 Å². The Balaban J connectivity index is 2.83. The molecule has 1 aromatic carbocycles. The molecule has 1 aromatic rings. The number of rotatable bonds is 9. The van der Waals surface area contributed by atoms with Crippen molar-refractivity contribution in [1.82, 2.24) is 9.80 Å². The number of ether oxygens (including phenoxy) is 2. The second-order valence-electron chi connectivity index (χ2n) is 5.48. The molecule has 0 saturated carbocycles. The van der Waals surface area contributed by atoms with Crippen LogP contribution in [-0.2, 0) is 9.53 Å². The molecule has 0 aliphatic carbocycles. The van der Waals surface area contributed by atoms with E-state index in [1.807, 2.05) is 20.2 Å². The Hall–Kier alpha value is -2.08. The van der Waals surface area contributed by atoms with E-state index in [4.69, 9.17) is 4.74 Å². The summed E-state index contributed by atoms with van der Waals surface area (Å²) in [5.41, 5.74) is 0.504. The van der Waals surface area contributed by atoms with Crippen molar-refractivity contribution in [3.63, 3.8) is 0 Å². The Kier molecular flexibility index (Phi) is 8.11. The van der Waals surface area contributed by atoms with Gasteiger partial charge in [-0.15, -0.1) is 0 Å². The normalized spacial score (nSPS) is 10.5. The van der Waals surface area contributed by atoms with Crippen LogP contribution in [0.4, 0.5) is 0 Å². The molecule has 0 fully saturated rings. The topological polar surface area (TPSA) is 59.1 Å². The summed E-state index contributed by atoms with van der Waals surface area (Å²) in [5.74, 6) is 0.0775. The van der Waals surface area contributed by atoms with Gasteiger partial charge in [-0.05, 0) is 39.2 Å². The fraction of sp³-hybridized carbons (Fsp3) is 0.529. The van der Waals surface area contributed by atoms with Crippen molar-refractivity contribution in [2.24, 2.45) is 0 Å². The number of esters is 1. The molecule has 1 rings (SSSR count). The maximum absolute atomic E-state index is 12.8. The Bertz CT molecular complexity index is 517. The monoisotopic (exact) mass is 322 g/mol. The van der Waals surface area contributed by atoms with Crippen LogP contribution in [0.1, 0.15) is 23.2 Å². The number of carbonyl (C=O) groups is 2. The van der Waals surface area contributed by atoms with Gasteiger partial charge < -0.3 is 19.3 Å². The summed E-state index contributed by atoms with van der Waals surface area (Å²) < 4.78 is 9.92.